The molecule has 2 aromatic heterocycles. The second-order valence-electron chi connectivity index (χ2n) is 6.04. The van der Waals surface area contributed by atoms with Gasteiger partial charge < -0.3 is 10.2 Å². The van der Waals surface area contributed by atoms with Crippen LogP contribution in [-0.4, -0.2) is 39.8 Å². The molecule has 1 amide bonds. The van der Waals surface area contributed by atoms with Gasteiger partial charge in [0.2, 0.25) is 0 Å². The van der Waals surface area contributed by atoms with E-state index in [1.165, 1.54) is 0 Å². The molecule has 1 fully saturated rings. The minimum absolute atomic E-state index is 0.0766. The number of pyridine rings is 1. The molecule has 1 N–H and O–H groups in total. The van der Waals surface area contributed by atoms with Crippen molar-refractivity contribution in [2.24, 2.45) is 7.05 Å². The summed E-state index contributed by atoms with van der Waals surface area (Å²) in [6.07, 6.45) is 3.39. The standard InChI is InChI=1S/C17H20N6O/c1-12-9-16(22(2)21-12)17(24)20-13-4-7-23(8-5-13)15-3-6-19-14(10-15)11-18/h3,6,9-10,13H,4-5,7-8H2,1-2H3,(H,20,24). The van der Waals surface area contributed by atoms with Crippen LogP contribution in [0.2, 0.25) is 0 Å². The Bertz CT molecular complexity index is 783. The number of amides is 1. The lowest BCUT2D eigenvalue weighted by atomic mass is 10.0. The van der Waals surface area contributed by atoms with Crippen LogP contribution in [-0.2, 0) is 7.05 Å². The number of nitrogens with one attached hydrogen (secondary N) is 1. The molecular formula is C17H20N6O. The monoisotopic (exact) mass is 324 g/mol. The number of carbonyl (C=O) groups excluding carboxylic acids is 1. The van der Waals surface area contributed by atoms with Gasteiger partial charge in [-0.15, -0.1) is 0 Å². The Kier molecular flexibility index (Phi) is 4.47. The fourth-order valence-electron chi connectivity index (χ4n) is 3.04. The van der Waals surface area contributed by atoms with E-state index < -0.39 is 0 Å². The van der Waals surface area contributed by atoms with Gasteiger partial charge in [0.25, 0.3) is 5.91 Å². The molecule has 24 heavy (non-hydrogen) atoms. The number of rotatable bonds is 3. The summed E-state index contributed by atoms with van der Waals surface area (Å²) >= 11 is 0. The Balaban J connectivity index is 1.58. The number of nitriles is 1. The number of hydrogen-bond acceptors (Lipinski definition) is 5. The van der Waals surface area contributed by atoms with Crippen molar-refractivity contribution in [2.75, 3.05) is 18.0 Å². The highest BCUT2D eigenvalue weighted by Crippen LogP contribution is 2.20. The van der Waals surface area contributed by atoms with Gasteiger partial charge in [0, 0.05) is 38.1 Å². The first kappa shape index (κ1) is 16.0. The number of carbonyl (C=O) groups is 1. The zero-order valence-corrected chi connectivity index (χ0v) is 13.9. The molecule has 0 spiro atoms. The molecule has 7 nitrogen and oxygen atoms in total. The van der Waals surface area contributed by atoms with Gasteiger partial charge in [-0.25, -0.2) is 4.98 Å². The summed E-state index contributed by atoms with van der Waals surface area (Å²) in [5.74, 6) is -0.0766. The van der Waals surface area contributed by atoms with Crippen molar-refractivity contribution < 1.29 is 4.79 Å². The molecule has 3 heterocycles. The average molecular weight is 324 g/mol. The van der Waals surface area contributed by atoms with Crippen LogP contribution in [0.15, 0.2) is 24.4 Å². The molecule has 0 radical (unpaired) electrons. The van der Waals surface area contributed by atoms with Crippen LogP contribution in [0.4, 0.5) is 5.69 Å². The van der Waals surface area contributed by atoms with Crippen LogP contribution >= 0.6 is 0 Å². The number of anilines is 1. The first-order valence-electron chi connectivity index (χ1n) is 7.99. The molecule has 0 unspecified atom stereocenters. The van der Waals surface area contributed by atoms with Crippen molar-refractivity contribution in [3.63, 3.8) is 0 Å². The Morgan fingerprint density at radius 2 is 2.12 bits per heavy atom. The van der Waals surface area contributed by atoms with Gasteiger partial charge in [0.05, 0.1) is 5.69 Å². The van der Waals surface area contributed by atoms with Gasteiger partial charge in [-0.3, -0.25) is 9.48 Å². The third kappa shape index (κ3) is 3.38. The minimum Gasteiger partial charge on any atom is -0.371 e. The predicted molar refractivity (Wildman–Crippen MR) is 89.6 cm³/mol. The third-order valence-corrected chi connectivity index (χ3v) is 4.29. The second kappa shape index (κ2) is 6.71. The smallest absolute Gasteiger partial charge is 0.269 e. The van der Waals surface area contributed by atoms with E-state index in [1.807, 2.05) is 13.0 Å². The lowest BCUT2D eigenvalue weighted by Crippen LogP contribution is -2.45. The zero-order valence-electron chi connectivity index (χ0n) is 13.9. The van der Waals surface area contributed by atoms with Crippen LogP contribution in [0.3, 0.4) is 0 Å². The van der Waals surface area contributed by atoms with Crippen molar-refractivity contribution in [1.29, 1.82) is 5.26 Å². The van der Waals surface area contributed by atoms with Crippen LogP contribution in [0.1, 0.15) is 34.7 Å². The molecule has 124 valence electrons. The van der Waals surface area contributed by atoms with Crippen molar-refractivity contribution >= 4 is 11.6 Å². The molecule has 0 atom stereocenters. The first-order valence-corrected chi connectivity index (χ1v) is 7.99. The number of nitrogens with zero attached hydrogens (tertiary/aromatic N) is 5. The highest BCUT2D eigenvalue weighted by molar-refractivity contribution is 5.92. The zero-order chi connectivity index (χ0) is 17.1. The van der Waals surface area contributed by atoms with E-state index in [4.69, 9.17) is 5.26 Å². The van der Waals surface area contributed by atoms with Gasteiger partial charge in [-0.2, -0.15) is 10.4 Å². The second-order valence-corrected chi connectivity index (χ2v) is 6.04. The van der Waals surface area contributed by atoms with Gasteiger partial charge in [0.15, 0.2) is 0 Å². The quantitative estimate of drug-likeness (QED) is 0.922. The summed E-state index contributed by atoms with van der Waals surface area (Å²) in [6.45, 7) is 3.55. The number of aryl methyl sites for hydroxylation is 2. The van der Waals surface area contributed by atoms with E-state index in [-0.39, 0.29) is 11.9 Å². The van der Waals surface area contributed by atoms with E-state index in [0.717, 1.165) is 37.3 Å². The van der Waals surface area contributed by atoms with Crippen molar-refractivity contribution in [1.82, 2.24) is 20.1 Å². The fraction of sp³-hybridized carbons (Fsp3) is 0.412. The Labute approximate surface area is 140 Å². The summed E-state index contributed by atoms with van der Waals surface area (Å²) < 4.78 is 1.61. The van der Waals surface area contributed by atoms with Crippen LogP contribution < -0.4 is 10.2 Å². The minimum atomic E-state index is -0.0766. The van der Waals surface area contributed by atoms with Crippen molar-refractivity contribution in [3.8, 4) is 6.07 Å². The Morgan fingerprint density at radius 3 is 2.75 bits per heavy atom. The van der Waals surface area contributed by atoms with Gasteiger partial charge in [-0.05, 0) is 38.0 Å². The molecule has 1 aliphatic heterocycles. The Morgan fingerprint density at radius 1 is 1.38 bits per heavy atom. The van der Waals surface area contributed by atoms with Crippen molar-refractivity contribution in [2.45, 2.75) is 25.8 Å². The highest BCUT2D eigenvalue weighted by Gasteiger charge is 2.22. The number of piperidine rings is 1. The van der Waals surface area contributed by atoms with Gasteiger partial charge >= 0.3 is 0 Å². The first-order chi connectivity index (χ1) is 11.6. The molecule has 0 aliphatic carbocycles. The maximum atomic E-state index is 12.4. The lowest BCUT2D eigenvalue weighted by Gasteiger charge is -2.33. The van der Waals surface area contributed by atoms with E-state index >= 15 is 0 Å². The third-order valence-electron chi connectivity index (χ3n) is 4.29. The van der Waals surface area contributed by atoms with Crippen LogP contribution in [0.25, 0.3) is 0 Å². The highest BCUT2D eigenvalue weighted by atomic mass is 16.2. The molecule has 0 bridgehead atoms. The Hall–Kier alpha value is -2.88. The summed E-state index contributed by atoms with van der Waals surface area (Å²) in [5.41, 5.74) is 2.86. The summed E-state index contributed by atoms with van der Waals surface area (Å²) in [7, 11) is 1.78. The normalized spacial score (nSPS) is 15.1. The van der Waals surface area contributed by atoms with Gasteiger partial charge in [0.1, 0.15) is 17.5 Å². The molecule has 3 rings (SSSR count). The van der Waals surface area contributed by atoms with Crippen LogP contribution in [0.5, 0.6) is 0 Å². The number of hydrogen-bond donors (Lipinski definition) is 1. The SMILES string of the molecule is Cc1cc(C(=O)NC2CCN(c3ccnc(C#N)c3)CC2)n(C)n1. The molecule has 1 saturated heterocycles. The van der Waals surface area contributed by atoms with E-state index in [1.54, 1.807) is 30.1 Å². The summed E-state index contributed by atoms with van der Waals surface area (Å²) in [6, 6.07) is 7.73. The van der Waals surface area contributed by atoms with Crippen LogP contribution in [0, 0.1) is 18.3 Å². The molecular weight excluding hydrogens is 304 g/mol. The maximum absolute atomic E-state index is 12.4. The van der Waals surface area contributed by atoms with E-state index in [2.05, 4.69) is 26.4 Å². The molecule has 0 saturated carbocycles. The number of aromatic nitrogens is 3. The molecule has 1 aliphatic rings. The average Bonchev–Trinajstić information content (AvgIpc) is 2.94. The molecule has 0 aromatic carbocycles. The predicted octanol–water partition coefficient (Wildman–Crippen LogP) is 1.39. The maximum Gasteiger partial charge on any atom is 0.269 e. The topological polar surface area (TPSA) is 86.8 Å². The largest absolute Gasteiger partial charge is 0.371 e. The van der Waals surface area contributed by atoms with E-state index in [9.17, 15) is 4.79 Å². The van der Waals surface area contributed by atoms with E-state index in [0.29, 0.717) is 11.4 Å². The summed E-state index contributed by atoms with van der Waals surface area (Å²) in [5, 5.41) is 16.2. The molecule has 2 aromatic rings. The van der Waals surface area contributed by atoms with Gasteiger partial charge in [-0.1, -0.05) is 0 Å². The summed E-state index contributed by atoms with van der Waals surface area (Å²) in [4.78, 5) is 18.6. The lowest BCUT2D eigenvalue weighted by molar-refractivity contribution is 0.0921. The van der Waals surface area contributed by atoms with Crippen molar-refractivity contribution in [3.05, 3.63) is 41.5 Å². The molecule has 7 heteroatoms. The fourth-order valence-corrected chi connectivity index (χ4v) is 3.04.